The van der Waals surface area contributed by atoms with Crippen molar-refractivity contribution in [2.45, 2.75) is 6.92 Å². The van der Waals surface area contributed by atoms with Crippen LogP contribution in [0.3, 0.4) is 0 Å². The van der Waals surface area contributed by atoms with E-state index in [-0.39, 0.29) is 5.91 Å². The molecule has 122 valence electrons. The smallest absolute Gasteiger partial charge is 0.248 e. The molecule has 0 fully saturated rings. The molecule has 1 aliphatic heterocycles. The third-order valence-electron chi connectivity index (χ3n) is 3.55. The molecule has 0 bridgehead atoms. The van der Waals surface area contributed by atoms with Crippen LogP contribution in [0.1, 0.15) is 12.5 Å². The fraction of sp³-hybridized carbons (Fsp3) is 0.150. The highest BCUT2D eigenvalue weighted by atomic mass is 16.5. The molecule has 0 aliphatic carbocycles. The van der Waals surface area contributed by atoms with Crippen molar-refractivity contribution < 1.29 is 14.3 Å². The molecule has 1 aliphatic rings. The van der Waals surface area contributed by atoms with E-state index in [1.54, 1.807) is 6.08 Å². The second-order valence-corrected chi connectivity index (χ2v) is 5.30. The molecule has 1 amide bonds. The van der Waals surface area contributed by atoms with Crippen LogP contribution >= 0.6 is 0 Å². The van der Waals surface area contributed by atoms with Gasteiger partial charge < -0.3 is 14.8 Å². The van der Waals surface area contributed by atoms with E-state index in [1.807, 2.05) is 61.5 Å². The number of nitrogens with one attached hydrogen (secondary N) is 1. The van der Waals surface area contributed by atoms with Gasteiger partial charge in [-0.05, 0) is 36.8 Å². The predicted molar refractivity (Wildman–Crippen MR) is 95.3 cm³/mol. The van der Waals surface area contributed by atoms with Crippen molar-refractivity contribution in [3.8, 4) is 11.5 Å². The molecular formula is C20H19NO3. The van der Waals surface area contributed by atoms with Gasteiger partial charge in [-0.1, -0.05) is 36.4 Å². The second-order valence-electron chi connectivity index (χ2n) is 5.30. The number of carbonyl (C=O) groups excluding carboxylic acids is 1. The molecule has 3 rings (SSSR count). The summed E-state index contributed by atoms with van der Waals surface area (Å²) in [5.74, 6) is 1.32. The summed E-state index contributed by atoms with van der Waals surface area (Å²) in [6.07, 6.45) is 5.30. The van der Waals surface area contributed by atoms with Gasteiger partial charge in [0.2, 0.25) is 5.91 Å². The van der Waals surface area contributed by atoms with E-state index in [0.717, 1.165) is 16.9 Å². The summed E-state index contributed by atoms with van der Waals surface area (Å²) in [4.78, 5) is 12.1. The van der Waals surface area contributed by atoms with Gasteiger partial charge in [0.1, 0.15) is 18.1 Å². The molecule has 4 heteroatoms. The maximum Gasteiger partial charge on any atom is 0.248 e. The topological polar surface area (TPSA) is 47.6 Å². The summed E-state index contributed by atoms with van der Waals surface area (Å²) >= 11 is 0. The van der Waals surface area contributed by atoms with Gasteiger partial charge in [-0.25, -0.2) is 0 Å². The van der Waals surface area contributed by atoms with Crippen molar-refractivity contribution in [1.29, 1.82) is 0 Å². The van der Waals surface area contributed by atoms with Gasteiger partial charge in [-0.3, -0.25) is 4.79 Å². The average molecular weight is 321 g/mol. The number of rotatable bonds is 5. The maximum absolute atomic E-state index is 12.1. The van der Waals surface area contributed by atoms with Crippen LogP contribution in [0, 0.1) is 0 Å². The minimum absolute atomic E-state index is 0.207. The number of anilines is 1. The highest BCUT2D eigenvalue weighted by Gasteiger charge is 2.09. The van der Waals surface area contributed by atoms with E-state index in [4.69, 9.17) is 9.47 Å². The number of benzene rings is 2. The first-order valence-electron chi connectivity index (χ1n) is 7.89. The quantitative estimate of drug-likeness (QED) is 0.845. The van der Waals surface area contributed by atoms with E-state index in [0.29, 0.717) is 24.7 Å². The number of carbonyl (C=O) groups is 1. The Morgan fingerprint density at radius 2 is 2.00 bits per heavy atom. The van der Waals surface area contributed by atoms with Crippen LogP contribution in [-0.4, -0.2) is 19.1 Å². The monoisotopic (exact) mass is 321 g/mol. The van der Waals surface area contributed by atoms with Gasteiger partial charge >= 0.3 is 0 Å². The Morgan fingerprint density at radius 3 is 2.88 bits per heavy atom. The highest BCUT2D eigenvalue weighted by Crippen LogP contribution is 2.26. The fourth-order valence-corrected chi connectivity index (χ4v) is 2.44. The lowest BCUT2D eigenvalue weighted by Crippen LogP contribution is -2.10. The Morgan fingerprint density at radius 1 is 1.21 bits per heavy atom. The number of hydrogen-bond donors (Lipinski definition) is 1. The Hall–Kier alpha value is -3.01. The Balaban J connectivity index is 1.68. The third-order valence-corrected chi connectivity index (χ3v) is 3.55. The van der Waals surface area contributed by atoms with Crippen molar-refractivity contribution in [1.82, 2.24) is 0 Å². The number of hydrogen-bond acceptors (Lipinski definition) is 3. The van der Waals surface area contributed by atoms with E-state index in [1.165, 1.54) is 6.08 Å². The molecule has 24 heavy (non-hydrogen) atoms. The van der Waals surface area contributed by atoms with E-state index in [2.05, 4.69) is 5.32 Å². The number of para-hydroxylation sites is 3. The Bertz CT molecular complexity index is 793. The standard InChI is InChI=1S/C20H19NO3/c1-2-23-19-10-6-4-8-17(19)21-20(22)12-11-15-13-16-7-3-5-9-18(16)24-14-15/h3-13H,2,14H2,1H3,(H,21,22)/b12-11+. The van der Waals surface area contributed by atoms with Crippen LogP contribution in [0.25, 0.3) is 6.08 Å². The lowest BCUT2D eigenvalue weighted by atomic mass is 10.1. The van der Waals surface area contributed by atoms with Crippen molar-refractivity contribution in [3.05, 3.63) is 71.8 Å². The van der Waals surface area contributed by atoms with Gasteiger partial charge in [-0.15, -0.1) is 0 Å². The summed E-state index contributed by atoms with van der Waals surface area (Å²) in [5.41, 5.74) is 2.63. The molecule has 0 unspecified atom stereocenters. The lowest BCUT2D eigenvalue weighted by Gasteiger charge is -2.15. The fourth-order valence-electron chi connectivity index (χ4n) is 2.44. The molecule has 0 atom stereocenters. The number of fused-ring (bicyclic) bond motifs is 1. The van der Waals surface area contributed by atoms with Gasteiger partial charge in [0.15, 0.2) is 0 Å². The van der Waals surface area contributed by atoms with Crippen LogP contribution in [0.5, 0.6) is 11.5 Å². The minimum Gasteiger partial charge on any atom is -0.492 e. The summed E-state index contributed by atoms with van der Waals surface area (Å²) in [6, 6.07) is 15.2. The zero-order valence-corrected chi connectivity index (χ0v) is 13.5. The van der Waals surface area contributed by atoms with Gasteiger partial charge in [0, 0.05) is 11.6 Å². The molecule has 1 N–H and O–H groups in total. The van der Waals surface area contributed by atoms with Crippen molar-refractivity contribution in [2.24, 2.45) is 0 Å². The van der Waals surface area contributed by atoms with Crippen molar-refractivity contribution in [2.75, 3.05) is 18.5 Å². The summed E-state index contributed by atoms with van der Waals surface area (Å²) in [6.45, 7) is 2.91. The molecule has 2 aromatic carbocycles. The van der Waals surface area contributed by atoms with Crippen LogP contribution in [-0.2, 0) is 4.79 Å². The summed E-state index contributed by atoms with van der Waals surface area (Å²) in [5, 5.41) is 2.84. The Kier molecular flexibility index (Phi) is 4.96. The van der Waals surface area contributed by atoms with E-state index < -0.39 is 0 Å². The molecule has 0 saturated carbocycles. The van der Waals surface area contributed by atoms with E-state index >= 15 is 0 Å². The van der Waals surface area contributed by atoms with Crippen LogP contribution < -0.4 is 14.8 Å². The summed E-state index contributed by atoms with van der Waals surface area (Å²) in [7, 11) is 0. The number of ether oxygens (including phenoxy) is 2. The molecule has 2 aromatic rings. The van der Waals surface area contributed by atoms with Crippen LogP contribution in [0.2, 0.25) is 0 Å². The van der Waals surface area contributed by atoms with E-state index in [9.17, 15) is 4.79 Å². The van der Waals surface area contributed by atoms with Gasteiger partial charge in [0.25, 0.3) is 0 Å². The second kappa shape index (κ2) is 7.51. The largest absolute Gasteiger partial charge is 0.492 e. The predicted octanol–water partition coefficient (Wildman–Crippen LogP) is 4.06. The van der Waals surface area contributed by atoms with Crippen LogP contribution in [0.15, 0.2) is 66.3 Å². The molecule has 0 saturated heterocycles. The molecule has 0 spiro atoms. The van der Waals surface area contributed by atoms with Crippen molar-refractivity contribution in [3.63, 3.8) is 0 Å². The van der Waals surface area contributed by atoms with Crippen LogP contribution in [0.4, 0.5) is 5.69 Å². The Labute approximate surface area is 141 Å². The van der Waals surface area contributed by atoms with Crippen molar-refractivity contribution >= 4 is 17.7 Å². The first-order chi connectivity index (χ1) is 11.8. The third kappa shape index (κ3) is 3.84. The lowest BCUT2D eigenvalue weighted by molar-refractivity contribution is -0.111. The average Bonchev–Trinajstić information content (AvgIpc) is 2.62. The van der Waals surface area contributed by atoms with Gasteiger partial charge in [0.05, 0.1) is 12.3 Å². The summed E-state index contributed by atoms with van der Waals surface area (Å²) < 4.78 is 11.2. The maximum atomic E-state index is 12.1. The molecule has 4 nitrogen and oxygen atoms in total. The molecular weight excluding hydrogens is 302 g/mol. The minimum atomic E-state index is -0.207. The molecule has 0 aromatic heterocycles. The zero-order chi connectivity index (χ0) is 16.8. The normalized spacial score (nSPS) is 13.0. The SMILES string of the molecule is CCOc1ccccc1NC(=O)/C=C/C1=Cc2ccccc2OC1. The zero-order valence-electron chi connectivity index (χ0n) is 13.5. The molecule has 1 heterocycles. The highest BCUT2D eigenvalue weighted by molar-refractivity contribution is 6.00. The van der Waals surface area contributed by atoms with Gasteiger partial charge in [-0.2, -0.15) is 0 Å². The first-order valence-corrected chi connectivity index (χ1v) is 7.89. The number of amides is 1. The molecule has 0 radical (unpaired) electrons. The first kappa shape index (κ1) is 15.9.